The molecule has 0 aliphatic heterocycles. The van der Waals surface area contributed by atoms with Gasteiger partial charge in [-0.05, 0) is 49.8 Å². The van der Waals surface area contributed by atoms with E-state index in [1.165, 1.54) is 6.42 Å². The van der Waals surface area contributed by atoms with Gasteiger partial charge in [-0.2, -0.15) is 0 Å². The Morgan fingerprint density at radius 3 is 2.56 bits per heavy atom. The van der Waals surface area contributed by atoms with E-state index in [0.29, 0.717) is 11.1 Å². The van der Waals surface area contributed by atoms with Gasteiger partial charge in [0.15, 0.2) is 0 Å². The van der Waals surface area contributed by atoms with Crippen molar-refractivity contribution < 1.29 is 4.74 Å². The first-order chi connectivity index (χ1) is 7.67. The molecule has 2 aliphatic carbocycles. The molecule has 2 aliphatic rings. The van der Waals surface area contributed by atoms with Crippen LogP contribution in [-0.2, 0) is 5.54 Å². The molecule has 0 heterocycles. The predicted octanol–water partition coefficient (Wildman–Crippen LogP) is 3.22. The molecule has 0 aromatic heterocycles. The zero-order valence-corrected chi connectivity index (χ0v) is 9.96. The second-order valence-corrected chi connectivity index (χ2v) is 5.38. The molecule has 0 unspecified atom stereocenters. The quantitative estimate of drug-likeness (QED) is 0.876. The maximum atomic E-state index is 6.21. The van der Waals surface area contributed by atoms with Crippen LogP contribution in [-0.4, -0.2) is 6.10 Å². The fourth-order valence-corrected chi connectivity index (χ4v) is 2.22. The standard InChI is InChI=1S/C13H16ClNO/c14-11-8-9(13(15)6-7-13)4-5-12(11)16-10-2-1-3-10/h4-5,8,10H,1-3,6-7,15H2. The number of hydrogen-bond acceptors (Lipinski definition) is 2. The van der Waals surface area contributed by atoms with E-state index in [9.17, 15) is 0 Å². The Bertz CT molecular complexity index is 410. The van der Waals surface area contributed by atoms with Crippen LogP contribution in [0.15, 0.2) is 18.2 Å². The average molecular weight is 238 g/mol. The summed E-state index contributed by atoms with van der Waals surface area (Å²) in [5.41, 5.74) is 7.15. The molecule has 0 radical (unpaired) electrons. The third kappa shape index (κ3) is 1.80. The molecule has 1 aromatic carbocycles. The van der Waals surface area contributed by atoms with Crippen molar-refractivity contribution in [3.8, 4) is 5.75 Å². The zero-order chi connectivity index (χ0) is 11.2. The molecule has 0 bridgehead atoms. The van der Waals surface area contributed by atoms with Gasteiger partial charge < -0.3 is 10.5 Å². The lowest BCUT2D eigenvalue weighted by Crippen LogP contribution is -2.25. The van der Waals surface area contributed by atoms with Crippen molar-refractivity contribution in [3.63, 3.8) is 0 Å². The van der Waals surface area contributed by atoms with E-state index >= 15 is 0 Å². The highest BCUT2D eigenvalue weighted by Crippen LogP contribution is 2.44. The summed E-state index contributed by atoms with van der Waals surface area (Å²) in [4.78, 5) is 0. The van der Waals surface area contributed by atoms with Gasteiger partial charge in [0, 0.05) is 5.54 Å². The highest BCUT2D eigenvalue weighted by molar-refractivity contribution is 6.32. The fraction of sp³-hybridized carbons (Fsp3) is 0.538. The minimum Gasteiger partial charge on any atom is -0.489 e. The normalized spacial score (nSPS) is 22.6. The summed E-state index contributed by atoms with van der Waals surface area (Å²) >= 11 is 6.21. The molecule has 2 saturated carbocycles. The molecule has 2 fully saturated rings. The number of benzene rings is 1. The third-order valence-corrected chi connectivity index (χ3v) is 3.94. The van der Waals surface area contributed by atoms with Gasteiger partial charge in [-0.15, -0.1) is 0 Å². The van der Waals surface area contributed by atoms with Gasteiger partial charge in [0.1, 0.15) is 5.75 Å². The molecule has 0 spiro atoms. The Morgan fingerprint density at radius 1 is 1.31 bits per heavy atom. The molecular formula is C13H16ClNO. The topological polar surface area (TPSA) is 35.2 Å². The van der Waals surface area contributed by atoms with E-state index in [0.717, 1.165) is 37.0 Å². The Hall–Kier alpha value is -0.730. The van der Waals surface area contributed by atoms with Crippen LogP contribution in [0.1, 0.15) is 37.7 Å². The van der Waals surface area contributed by atoms with Gasteiger partial charge in [0.05, 0.1) is 11.1 Å². The summed E-state index contributed by atoms with van der Waals surface area (Å²) in [7, 11) is 0. The van der Waals surface area contributed by atoms with Crippen LogP contribution in [0.5, 0.6) is 5.75 Å². The first-order valence-electron chi connectivity index (χ1n) is 5.93. The molecule has 1 aromatic rings. The summed E-state index contributed by atoms with van der Waals surface area (Å²) in [6.07, 6.45) is 6.07. The van der Waals surface area contributed by atoms with Crippen molar-refractivity contribution in [2.24, 2.45) is 5.73 Å². The molecule has 3 rings (SSSR count). The van der Waals surface area contributed by atoms with Crippen molar-refractivity contribution in [1.29, 1.82) is 0 Å². The minimum atomic E-state index is -0.112. The largest absolute Gasteiger partial charge is 0.489 e. The second kappa shape index (κ2) is 3.64. The molecular weight excluding hydrogens is 222 g/mol. The van der Waals surface area contributed by atoms with E-state index in [1.807, 2.05) is 18.2 Å². The first kappa shape index (κ1) is 10.4. The number of hydrogen-bond donors (Lipinski definition) is 1. The predicted molar refractivity (Wildman–Crippen MR) is 64.8 cm³/mol. The van der Waals surface area contributed by atoms with Crippen LogP contribution in [0, 0.1) is 0 Å². The molecule has 86 valence electrons. The number of ether oxygens (including phenoxy) is 1. The highest BCUT2D eigenvalue weighted by atomic mass is 35.5. The van der Waals surface area contributed by atoms with E-state index in [1.54, 1.807) is 0 Å². The van der Waals surface area contributed by atoms with Crippen molar-refractivity contribution in [3.05, 3.63) is 28.8 Å². The SMILES string of the molecule is NC1(c2ccc(OC3CCC3)c(Cl)c2)CC1. The molecule has 2 nitrogen and oxygen atoms in total. The van der Waals surface area contributed by atoms with Crippen molar-refractivity contribution in [2.45, 2.75) is 43.7 Å². The van der Waals surface area contributed by atoms with Crippen LogP contribution in [0.25, 0.3) is 0 Å². The Morgan fingerprint density at radius 2 is 2.06 bits per heavy atom. The summed E-state index contributed by atoms with van der Waals surface area (Å²) in [5, 5.41) is 0.695. The summed E-state index contributed by atoms with van der Waals surface area (Å²) in [5.74, 6) is 0.805. The molecule has 3 heteroatoms. The van der Waals surface area contributed by atoms with Crippen LogP contribution in [0.3, 0.4) is 0 Å². The van der Waals surface area contributed by atoms with Gasteiger partial charge >= 0.3 is 0 Å². The van der Waals surface area contributed by atoms with Crippen LogP contribution >= 0.6 is 11.6 Å². The number of rotatable bonds is 3. The maximum absolute atomic E-state index is 6.21. The van der Waals surface area contributed by atoms with Gasteiger partial charge in [-0.25, -0.2) is 0 Å². The van der Waals surface area contributed by atoms with Crippen LogP contribution in [0.4, 0.5) is 0 Å². The average Bonchev–Trinajstić information content (AvgIpc) is 2.93. The van der Waals surface area contributed by atoms with Crippen molar-refractivity contribution >= 4 is 11.6 Å². The summed E-state index contributed by atoms with van der Waals surface area (Å²) in [6.45, 7) is 0. The van der Waals surface area contributed by atoms with Crippen molar-refractivity contribution in [1.82, 2.24) is 0 Å². The minimum absolute atomic E-state index is 0.112. The van der Waals surface area contributed by atoms with Crippen LogP contribution in [0.2, 0.25) is 5.02 Å². The Labute approximate surface area is 101 Å². The van der Waals surface area contributed by atoms with Gasteiger partial charge in [0.2, 0.25) is 0 Å². The Balaban J connectivity index is 1.79. The molecule has 2 N–H and O–H groups in total. The molecule has 0 saturated heterocycles. The number of halogens is 1. The molecule has 0 atom stereocenters. The van der Waals surface area contributed by atoms with Crippen molar-refractivity contribution in [2.75, 3.05) is 0 Å². The van der Waals surface area contributed by atoms with Gasteiger partial charge in [0.25, 0.3) is 0 Å². The third-order valence-electron chi connectivity index (χ3n) is 3.64. The van der Waals surface area contributed by atoms with Crippen LogP contribution < -0.4 is 10.5 Å². The lowest BCUT2D eigenvalue weighted by molar-refractivity contribution is 0.120. The first-order valence-corrected chi connectivity index (χ1v) is 6.31. The summed E-state index contributed by atoms with van der Waals surface area (Å²) < 4.78 is 5.80. The van der Waals surface area contributed by atoms with Gasteiger partial charge in [-0.1, -0.05) is 17.7 Å². The smallest absolute Gasteiger partial charge is 0.138 e. The fourth-order valence-electron chi connectivity index (χ4n) is 2.00. The Kier molecular flexibility index (Phi) is 2.37. The summed E-state index contributed by atoms with van der Waals surface area (Å²) in [6, 6.07) is 5.97. The lowest BCUT2D eigenvalue weighted by atomic mass is 9.96. The monoisotopic (exact) mass is 237 g/mol. The molecule has 0 amide bonds. The maximum Gasteiger partial charge on any atom is 0.138 e. The molecule has 16 heavy (non-hydrogen) atoms. The van der Waals surface area contributed by atoms with E-state index < -0.39 is 0 Å². The van der Waals surface area contributed by atoms with E-state index in [-0.39, 0.29) is 5.54 Å². The number of nitrogens with two attached hydrogens (primary N) is 1. The van der Waals surface area contributed by atoms with E-state index in [2.05, 4.69) is 0 Å². The lowest BCUT2D eigenvalue weighted by Gasteiger charge is -2.27. The van der Waals surface area contributed by atoms with E-state index in [4.69, 9.17) is 22.1 Å². The van der Waals surface area contributed by atoms with Gasteiger partial charge in [-0.3, -0.25) is 0 Å². The highest BCUT2D eigenvalue weighted by Gasteiger charge is 2.40. The second-order valence-electron chi connectivity index (χ2n) is 4.97. The zero-order valence-electron chi connectivity index (χ0n) is 9.21.